The highest BCUT2D eigenvalue weighted by Gasteiger charge is 2.28. The van der Waals surface area contributed by atoms with Crippen molar-refractivity contribution in [1.82, 2.24) is 5.32 Å². The topological polar surface area (TPSA) is 47.6 Å². The van der Waals surface area contributed by atoms with Crippen LogP contribution >= 0.6 is 0 Å². The Balaban J connectivity index is 2.11. The normalized spacial score (nSPS) is 22.1. The summed E-state index contributed by atoms with van der Waals surface area (Å²) in [6.45, 7) is 0.265. The van der Waals surface area contributed by atoms with Crippen molar-refractivity contribution in [3.8, 4) is 5.75 Å². The van der Waals surface area contributed by atoms with E-state index in [1.54, 1.807) is 19.1 Å². The van der Waals surface area contributed by atoms with Crippen LogP contribution in [0.5, 0.6) is 5.75 Å². The fraction of sp³-hybridized carbons (Fsp3) is 0.533. The zero-order valence-electron chi connectivity index (χ0n) is 12.1. The molecule has 0 saturated carbocycles. The number of alkyl halides is 2. The van der Waals surface area contributed by atoms with Crippen molar-refractivity contribution < 1.29 is 23.0 Å². The summed E-state index contributed by atoms with van der Waals surface area (Å²) in [5, 5.41) is 3.21. The molecule has 0 aromatic heterocycles. The summed E-state index contributed by atoms with van der Waals surface area (Å²) in [5.41, 5.74) is 1.67. The predicted molar refractivity (Wildman–Crippen MR) is 73.5 cm³/mol. The summed E-state index contributed by atoms with van der Waals surface area (Å²) < 4.78 is 33.7. The molecule has 4 nitrogen and oxygen atoms in total. The standard InChI is InChI=1S/C15H19F2NO3/c1-9-5-10(3-4-13(9)21-15(16)17)11-6-12(8-18-7-11)14(19)20-2/h3-5,11-12,15,18H,6-8H2,1-2H3. The molecule has 0 aliphatic carbocycles. The van der Waals surface area contributed by atoms with Gasteiger partial charge in [0.2, 0.25) is 0 Å². The van der Waals surface area contributed by atoms with Gasteiger partial charge in [-0.1, -0.05) is 12.1 Å². The van der Waals surface area contributed by atoms with Crippen LogP contribution in [0.3, 0.4) is 0 Å². The van der Waals surface area contributed by atoms with Crippen molar-refractivity contribution in [3.05, 3.63) is 29.3 Å². The van der Waals surface area contributed by atoms with Crippen molar-refractivity contribution >= 4 is 5.97 Å². The number of halogens is 2. The van der Waals surface area contributed by atoms with E-state index in [9.17, 15) is 13.6 Å². The Labute approximate surface area is 122 Å². The number of ether oxygens (including phenoxy) is 2. The first-order valence-electron chi connectivity index (χ1n) is 6.85. The highest BCUT2D eigenvalue weighted by atomic mass is 19.3. The van der Waals surface area contributed by atoms with E-state index in [1.807, 2.05) is 6.07 Å². The highest BCUT2D eigenvalue weighted by molar-refractivity contribution is 5.72. The monoisotopic (exact) mass is 299 g/mol. The minimum absolute atomic E-state index is 0.155. The van der Waals surface area contributed by atoms with E-state index in [0.717, 1.165) is 12.1 Å². The van der Waals surface area contributed by atoms with E-state index < -0.39 is 6.61 Å². The summed E-state index contributed by atoms with van der Waals surface area (Å²) in [7, 11) is 1.38. The van der Waals surface area contributed by atoms with Crippen molar-refractivity contribution in [1.29, 1.82) is 0 Å². The van der Waals surface area contributed by atoms with E-state index in [1.165, 1.54) is 7.11 Å². The molecule has 116 valence electrons. The van der Waals surface area contributed by atoms with E-state index in [0.29, 0.717) is 18.5 Å². The smallest absolute Gasteiger partial charge is 0.387 e. The van der Waals surface area contributed by atoms with Crippen LogP contribution in [0, 0.1) is 12.8 Å². The lowest BCUT2D eigenvalue weighted by Gasteiger charge is -2.29. The molecule has 0 spiro atoms. The molecule has 1 aliphatic rings. The van der Waals surface area contributed by atoms with Crippen LogP contribution in [-0.4, -0.2) is 32.8 Å². The third-order valence-electron chi connectivity index (χ3n) is 3.77. The Morgan fingerprint density at radius 1 is 1.38 bits per heavy atom. The second kappa shape index (κ2) is 6.85. The van der Waals surface area contributed by atoms with Gasteiger partial charge in [-0.15, -0.1) is 0 Å². The first kappa shape index (κ1) is 15.7. The van der Waals surface area contributed by atoms with Crippen LogP contribution in [0.15, 0.2) is 18.2 Å². The first-order valence-corrected chi connectivity index (χ1v) is 6.85. The van der Waals surface area contributed by atoms with Crippen molar-refractivity contribution in [2.45, 2.75) is 25.9 Å². The molecule has 21 heavy (non-hydrogen) atoms. The molecular weight excluding hydrogens is 280 g/mol. The fourth-order valence-corrected chi connectivity index (χ4v) is 2.70. The van der Waals surface area contributed by atoms with Gasteiger partial charge in [-0.25, -0.2) is 0 Å². The van der Waals surface area contributed by atoms with Crippen LogP contribution in [0.25, 0.3) is 0 Å². The summed E-state index contributed by atoms with van der Waals surface area (Å²) in [4.78, 5) is 11.6. The lowest BCUT2D eigenvalue weighted by molar-refractivity contribution is -0.146. The lowest BCUT2D eigenvalue weighted by atomic mass is 9.85. The van der Waals surface area contributed by atoms with Crippen molar-refractivity contribution in [2.24, 2.45) is 5.92 Å². The van der Waals surface area contributed by atoms with Crippen LogP contribution in [0.4, 0.5) is 8.78 Å². The first-order chi connectivity index (χ1) is 10.0. The van der Waals surface area contributed by atoms with Crippen molar-refractivity contribution in [2.75, 3.05) is 20.2 Å². The summed E-state index contributed by atoms with van der Waals surface area (Å²) in [6, 6.07) is 5.17. The average molecular weight is 299 g/mol. The van der Waals surface area contributed by atoms with Crippen LogP contribution < -0.4 is 10.1 Å². The number of esters is 1. The summed E-state index contributed by atoms with van der Waals surface area (Å²) in [5.74, 6) is -0.0585. The molecule has 0 bridgehead atoms. The van der Waals surface area contributed by atoms with Gasteiger partial charge in [0, 0.05) is 13.1 Å². The maximum absolute atomic E-state index is 12.3. The van der Waals surface area contributed by atoms with Gasteiger partial charge in [-0.2, -0.15) is 8.78 Å². The molecule has 2 rings (SSSR count). The second-order valence-corrected chi connectivity index (χ2v) is 5.21. The van der Waals surface area contributed by atoms with E-state index >= 15 is 0 Å². The molecule has 1 aliphatic heterocycles. The van der Waals surface area contributed by atoms with Crippen molar-refractivity contribution in [3.63, 3.8) is 0 Å². The minimum atomic E-state index is -2.82. The molecule has 1 heterocycles. The second-order valence-electron chi connectivity index (χ2n) is 5.21. The molecule has 0 amide bonds. The van der Waals surface area contributed by atoms with Gasteiger partial charge >= 0.3 is 12.6 Å². The molecular formula is C15H19F2NO3. The molecule has 2 unspecified atom stereocenters. The SMILES string of the molecule is COC(=O)C1CNCC(c2ccc(OC(F)F)c(C)c2)C1. The van der Waals surface area contributed by atoms with Crippen LogP contribution in [0.1, 0.15) is 23.5 Å². The molecule has 1 N–H and O–H groups in total. The Morgan fingerprint density at radius 3 is 2.76 bits per heavy atom. The van der Waals surface area contributed by atoms with E-state index in [4.69, 9.17) is 4.74 Å². The van der Waals surface area contributed by atoms with Crippen LogP contribution in [0.2, 0.25) is 0 Å². The zero-order valence-corrected chi connectivity index (χ0v) is 12.1. The molecule has 1 aromatic carbocycles. The lowest BCUT2D eigenvalue weighted by Crippen LogP contribution is -2.39. The van der Waals surface area contributed by atoms with E-state index in [2.05, 4.69) is 10.1 Å². The number of piperidine rings is 1. The molecule has 2 atom stereocenters. The number of aryl methyl sites for hydroxylation is 1. The molecule has 1 aromatic rings. The Hall–Kier alpha value is -1.69. The number of methoxy groups -OCH3 is 1. The number of hydrogen-bond donors (Lipinski definition) is 1. The maximum Gasteiger partial charge on any atom is 0.387 e. The van der Waals surface area contributed by atoms with Gasteiger partial charge in [-0.3, -0.25) is 4.79 Å². The third-order valence-corrected chi connectivity index (χ3v) is 3.77. The van der Waals surface area contributed by atoms with Gasteiger partial charge in [0.1, 0.15) is 5.75 Å². The predicted octanol–water partition coefficient (Wildman–Crippen LogP) is 2.46. The number of rotatable bonds is 4. The quantitative estimate of drug-likeness (QED) is 0.868. The van der Waals surface area contributed by atoms with Gasteiger partial charge in [-0.05, 0) is 36.5 Å². The van der Waals surface area contributed by atoms with Gasteiger partial charge in [0.25, 0.3) is 0 Å². The maximum atomic E-state index is 12.3. The molecule has 1 fully saturated rings. The van der Waals surface area contributed by atoms with E-state index in [-0.39, 0.29) is 23.6 Å². The number of hydrogen-bond acceptors (Lipinski definition) is 4. The fourth-order valence-electron chi connectivity index (χ4n) is 2.70. The summed E-state index contributed by atoms with van der Waals surface area (Å²) >= 11 is 0. The number of carbonyl (C=O) groups is 1. The molecule has 1 saturated heterocycles. The Bertz CT molecular complexity index is 508. The summed E-state index contributed by atoms with van der Waals surface area (Å²) in [6.07, 6.45) is 0.689. The Morgan fingerprint density at radius 2 is 2.14 bits per heavy atom. The molecule has 0 radical (unpaired) electrons. The third kappa shape index (κ3) is 3.91. The number of nitrogens with one attached hydrogen (secondary N) is 1. The molecule has 6 heteroatoms. The number of carbonyl (C=O) groups excluding carboxylic acids is 1. The number of benzene rings is 1. The largest absolute Gasteiger partial charge is 0.469 e. The average Bonchev–Trinajstić information content (AvgIpc) is 2.48. The van der Waals surface area contributed by atoms with Gasteiger partial charge < -0.3 is 14.8 Å². The van der Waals surface area contributed by atoms with Gasteiger partial charge in [0.15, 0.2) is 0 Å². The zero-order chi connectivity index (χ0) is 15.4. The highest BCUT2D eigenvalue weighted by Crippen LogP contribution is 2.30. The van der Waals surface area contributed by atoms with Gasteiger partial charge in [0.05, 0.1) is 13.0 Å². The minimum Gasteiger partial charge on any atom is -0.469 e. The Kier molecular flexibility index (Phi) is 5.12. The van der Waals surface area contributed by atoms with Crippen LogP contribution in [-0.2, 0) is 9.53 Å².